The Bertz CT molecular complexity index is 1280. The van der Waals surface area contributed by atoms with E-state index < -0.39 is 83.7 Å². The Morgan fingerprint density at radius 3 is 2.22 bits per heavy atom. The third kappa shape index (κ3) is 8.77. The summed E-state index contributed by atoms with van der Waals surface area (Å²) in [6.07, 6.45) is -3.44. The molecule has 1 saturated heterocycles. The Morgan fingerprint density at radius 2 is 1.70 bits per heavy atom. The molecular weight excluding hydrogens is 573 g/mol. The molecule has 2 heterocycles. The van der Waals surface area contributed by atoms with Crippen LogP contribution in [0.1, 0.15) is 27.0 Å². The lowest BCUT2D eigenvalue weighted by molar-refractivity contribution is -0.161. The van der Waals surface area contributed by atoms with E-state index in [1.165, 1.54) is 6.92 Å². The van der Waals surface area contributed by atoms with Crippen molar-refractivity contribution in [1.29, 1.82) is 0 Å². The minimum Gasteiger partial charge on any atom is -0.465 e. The lowest BCUT2D eigenvalue weighted by Gasteiger charge is -2.33. The van der Waals surface area contributed by atoms with Gasteiger partial charge in [0.2, 0.25) is 0 Å². The summed E-state index contributed by atoms with van der Waals surface area (Å²) in [5, 5.41) is 0. The van der Waals surface area contributed by atoms with Crippen LogP contribution in [0.5, 0.6) is 0 Å². The summed E-state index contributed by atoms with van der Waals surface area (Å²) in [6, 6.07) is 0.943. The van der Waals surface area contributed by atoms with Crippen LogP contribution in [0, 0.1) is 5.41 Å². The van der Waals surface area contributed by atoms with E-state index in [0.29, 0.717) is 0 Å². The third-order valence-electron chi connectivity index (χ3n) is 4.76. The largest absolute Gasteiger partial charge is 0.490 e. The Hall–Kier alpha value is -2.01. The number of aromatic amines is 1. The Kier molecular flexibility index (Phi) is 9.61. The molecule has 1 fully saturated rings. The van der Waals surface area contributed by atoms with Gasteiger partial charge in [-0.25, -0.2) is 18.5 Å². The molecule has 2 unspecified atom stereocenters. The van der Waals surface area contributed by atoms with Crippen LogP contribution in [0.15, 0.2) is 21.9 Å². The number of carbonyl (C=O) groups excluding carboxylic acids is 2. The number of carbonyl (C=O) groups is 2. The van der Waals surface area contributed by atoms with Crippen molar-refractivity contribution in [3.63, 3.8) is 0 Å². The summed E-state index contributed by atoms with van der Waals surface area (Å²) < 4.78 is 63.2. The first kappa shape index (κ1) is 31.2. The maximum atomic E-state index is 12.4. The number of phosphoric ester groups is 1. The topological polar surface area (TPSA) is 277 Å². The van der Waals surface area contributed by atoms with Crippen LogP contribution < -0.4 is 11.2 Å². The monoisotopic (exact) mass is 596 g/mol. The quantitative estimate of drug-likeness (QED) is 0.156. The molecule has 1 aliphatic rings. The van der Waals surface area contributed by atoms with E-state index in [4.69, 9.17) is 24.0 Å². The maximum absolute atomic E-state index is 12.4. The fourth-order valence-electron chi connectivity index (χ4n) is 3.24. The molecule has 5 N–H and O–H groups in total. The van der Waals surface area contributed by atoms with Crippen LogP contribution in [0.25, 0.3) is 0 Å². The minimum atomic E-state index is -5.82. The number of phosphoric acid groups is 3. The fraction of sp³-hybridized carbons (Fsp3) is 0.600. The zero-order valence-corrected chi connectivity index (χ0v) is 21.9. The first-order valence-corrected chi connectivity index (χ1v) is 14.3. The summed E-state index contributed by atoms with van der Waals surface area (Å²) >= 11 is 0. The molecule has 1 aromatic heterocycles. The van der Waals surface area contributed by atoms with Crippen LogP contribution in [-0.4, -0.2) is 66.5 Å². The van der Waals surface area contributed by atoms with E-state index in [-0.39, 0.29) is 0 Å². The Labute approximate surface area is 206 Å². The standard InChI is InChI=1S/C15H23N2O17P3/c1-8(18)29-7-15(3)10(6-30-36(25,26)34-37(27,28)33-35(22,23)24)32-13(12(15)31-9(2)19)17-5-4-11(20)16-14(17)21/h4-5,10,12-13H,6-7H2,1-3H3,(H,25,26)(H,27,28)(H,16,20,21)(H2,22,23,24)/t10-,12+,13-,15-/m1/s1. The second kappa shape index (κ2) is 11.4. The molecular formula is C15H23N2O17P3. The molecule has 2 rings (SSSR count). The van der Waals surface area contributed by atoms with Gasteiger partial charge < -0.3 is 33.8 Å². The SMILES string of the molecule is CC(=O)OC[C@]1(C)[C@@H](COP(=O)(O)OP(=O)(O)OP(=O)(O)O)O[C@@H](n2ccc(=O)[nH]c2=O)[C@@H]1OC(C)=O. The normalized spacial score (nSPS) is 27.2. The van der Waals surface area contributed by atoms with Crippen molar-refractivity contribution >= 4 is 35.4 Å². The number of aromatic nitrogens is 2. The molecule has 0 spiro atoms. The van der Waals surface area contributed by atoms with Gasteiger partial charge in [0.15, 0.2) is 12.3 Å². The van der Waals surface area contributed by atoms with Crippen LogP contribution >= 0.6 is 23.5 Å². The molecule has 6 atom stereocenters. The van der Waals surface area contributed by atoms with E-state index in [9.17, 15) is 42.7 Å². The molecule has 1 aromatic rings. The fourth-order valence-corrected chi connectivity index (χ4v) is 6.26. The number of nitrogens with one attached hydrogen (secondary N) is 1. The molecule has 0 radical (unpaired) electrons. The van der Waals surface area contributed by atoms with Gasteiger partial charge in [0, 0.05) is 26.1 Å². The van der Waals surface area contributed by atoms with Gasteiger partial charge in [-0.15, -0.1) is 0 Å². The first-order chi connectivity index (χ1) is 16.7. The van der Waals surface area contributed by atoms with Gasteiger partial charge in [-0.1, -0.05) is 0 Å². The van der Waals surface area contributed by atoms with Crippen molar-refractivity contribution in [3.8, 4) is 0 Å². The van der Waals surface area contributed by atoms with Crippen molar-refractivity contribution in [2.45, 2.75) is 39.2 Å². The van der Waals surface area contributed by atoms with Gasteiger partial charge in [0.1, 0.15) is 6.61 Å². The average Bonchev–Trinajstić information content (AvgIpc) is 2.94. The number of hydrogen-bond acceptors (Lipinski definition) is 13. The molecule has 19 nitrogen and oxygen atoms in total. The predicted octanol–water partition coefficient (Wildman–Crippen LogP) is -0.722. The average molecular weight is 596 g/mol. The molecule has 1 aliphatic heterocycles. The number of esters is 2. The third-order valence-corrected chi connectivity index (χ3v) is 8.56. The van der Waals surface area contributed by atoms with Crippen LogP contribution in [0.2, 0.25) is 0 Å². The van der Waals surface area contributed by atoms with Gasteiger partial charge in [-0.05, 0) is 6.92 Å². The highest BCUT2D eigenvalue weighted by atomic mass is 31.3. The molecule has 0 bridgehead atoms. The zero-order chi connectivity index (χ0) is 28.4. The number of hydrogen-bond donors (Lipinski definition) is 5. The number of rotatable bonds is 11. The number of nitrogens with zero attached hydrogens (tertiary/aromatic N) is 1. The Morgan fingerprint density at radius 1 is 1.08 bits per heavy atom. The molecule has 210 valence electrons. The summed E-state index contributed by atoms with van der Waals surface area (Å²) in [6.45, 7) is 1.79. The molecule has 0 aromatic carbocycles. The lowest BCUT2D eigenvalue weighted by atomic mass is 9.81. The summed E-state index contributed by atoms with van der Waals surface area (Å²) in [7, 11) is -17.0. The van der Waals surface area contributed by atoms with Crippen molar-refractivity contribution < 1.29 is 70.2 Å². The summed E-state index contributed by atoms with van der Waals surface area (Å²) in [4.78, 5) is 85.4. The van der Waals surface area contributed by atoms with E-state index in [1.807, 2.05) is 4.98 Å². The van der Waals surface area contributed by atoms with Crippen LogP contribution in [0.3, 0.4) is 0 Å². The second-order valence-electron chi connectivity index (χ2n) is 7.74. The van der Waals surface area contributed by atoms with Crippen molar-refractivity contribution in [1.82, 2.24) is 9.55 Å². The molecule has 0 amide bonds. The highest BCUT2D eigenvalue weighted by Gasteiger charge is 2.58. The number of H-pyrrole nitrogens is 1. The van der Waals surface area contributed by atoms with Crippen molar-refractivity contribution in [3.05, 3.63) is 33.1 Å². The molecule has 0 saturated carbocycles. The minimum absolute atomic E-state index is 0.570. The van der Waals surface area contributed by atoms with Crippen LogP contribution in [-0.2, 0) is 50.6 Å². The molecule has 22 heteroatoms. The molecule has 0 aliphatic carbocycles. The van der Waals surface area contributed by atoms with Gasteiger partial charge in [-0.2, -0.15) is 8.62 Å². The van der Waals surface area contributed by atoms with E-state index in [2.05, 4.69) is 13.1 Å². The first-order valence-electron chi connectivity index (χ1n) is 9.80. The van der Waals surface area contributed by atoms with Crippen LogP contribution in [0.4, 0.5) is 0 Å². The van der Waals surface area contributed by atoms with E-state index >= 15 is 0 Å². The lowest BCUT2D eigenvalue weighted by Crippen LogP contribution is -2.47. The maximum Gasteiger partial charge on any atom is 0.490 e. The van der Waals surface area contributed by atoms with Gasteiger partial charge >= 0.3 is 41.1 Å². The highest BCUT2D eigenvalue weighted by molar-refractivity contribution is 7.66. The van der Waals surface area contributed by atoms with Gasteiger partial charge in [-0.3, -0.25) is 28.5 Å². The predicted molar refractivity (Wildman–Crippen MR) is 115 cm³/mol. The van der Waals surface area contributed by atoms with Crippen molar-refractivity contribution in [2.24, 2.45) is 5.41 Å². The highest BCUT2D eigenvalue weighted by Crippen LogP contribution is 2.66. The smallest absolute Gasteiger partial charge is 0.465 e. The number of ether oxygens (including phenoxy) is 3. The second-order valence-corrected chi connectivity index (χ2v) is 12.2. The van der Waals surface area contributed by atoms with Gasteiger partial charge in [0.05, 0.1) is 18.1 Å². The van der Waals surface area contributed by atoms with E-state index in [0.717, 1.165) is 30.7 Å². The summed E-state index contributed by atoms with van der Waals surface area (Å²) in [5.41, 5.74) is -3.39. The summed E-state index contributed by atoms with van der Waals surface area (Å²) in [5.74, 6) is -1.67. The van der Waals surface area contributed by atoms with Crippen molar-refractivity contribution in [2.75, 3.05) is 13.2 Å². The van der Waals surface area contributed by atoms with E-state index in [1.54, 1.807) is 0 Å². The van der Waals surface area contributed by atoms with Gasteiger partial charge in [0.25, 0.3) is 5.56 Å². The molecule has 37 heavy (non-hydrogen) atoms. The zero-order valence-electron chi connectivity index (χ0n) is 19.2. The Balaban J connectivity index is 2.41.